The van der Waals surface area contributed by atoms with Crippen LogP contribution >= 0.6 is 0 Å². The highest BCUT2D eigenvalue weighted by Crippen LogP contribution is 2.64. The van der Waals surface area contributed by atoms with Crippen molar-refractivity contribution in [1.82, 2.24) is 0 Å². The molecule has 316 valence electrons. The zero-order valence-corrected chi connectivity index (χ0v) is 37.5. The summed E-state index contributed by atoms with van der Waals surface area (Å²) in [4.78, 5) is 4.93. The number of hydrogen-bond donors (Lipinski definition) is 0. The lowest BCUT2D eigenvalue weighted by Gasteiger charge is -2.45. The first kappa shape index (κ1) is 38.1. The molecule has 0 aromatic heterocycles. The number of hydrogen-bond acceptors (Lipinski definition) is 2. The molecule has 1 spiro atoms. The van der Waals surface area contributed by atoms with Crippen LogP contribution in [0.4, 0.5) is 34.1 Å². The summed E-state index contributed by atoms with van der Waals surface area (Å²) >= 11 is 0. The third-order valence-electron chi connectivity index (χ3n) is 15.5. The van der Waals surface area contributed by atoms with Gasteiger partial charge < -0.3 is 9.80 Å². The van der Waals surface area contributed by atoms with Gasteiger partial charge in [0, 0.05) is 28.2 Å². The van der Waals surface area contributed by atoms with E-state index < -0.39 is 5.41 Å². The molecule has 3 aliphatic carbocycles. The summed E-state index contributed by atoms with van der Waals surface area (Å²) in [5.41, 5.74) is 27.4. The van der Waals surface area contributed by atoms with Crippen LogP contribution in [-0.2, 0) is 17.3 Å². The van der Waals surface area contributed by atoms with E-state index in [9.17, 15) is 0 Å². The van der Waals surface area contributed by atoms with Crippen LogP contribution in [0.15, 0.2) is 231 Å². The highest BCUT2D eigenvalue weighted by Gasteiger charge is 2.51. The minimum atomic E-state index is -0.519. The lowest BCUT2D eigenvalue weighted by Crippen LogP contribution is -2.36. The van der Waals surface area contributed by atoms with Gasteiger partial charge in [0.15, 0.2) is 0 Å². The van der Waals surface area contributed by atoms with E-state index in [0.29, 0.717) is 0 Å². The molecule has 0 saturated heterocycles. The standard InChI is InChI=1S/C65H46N2/c1-64(2)56-22-10-8-20-51(56)53-36-34-49(41-61(53)64)66(47-32-30-42(31-33-47)43-28-29-45-38-44-16-6-7-19-50(44)54(45)39-43)48-35-37-58-55(40-48)52-21-9-11-23-57(52)65(58)59-24-12-14-26-62(59)67(46-17-4-3-5-18-46)63-27-15-13-25-60(63)65/h3-37,39-41H,38H2,1-2H3. The van der Waals surface area contributed by atoms with Crippen LogP contribution < -0.4 is 9.80 Å². The van der Waals surface area contributed by atoms with E-state index in [1.807, 2.05) is 0 Å². The molecule has 10 aromatic rings. The molecule has 0 radical (unpaired) electrons. The molecule has 0 amide bonds. The van der Waals surface area contributed by atoms with Gasteiger partial charge in [0.05, 0.1) is 16.8 Å². The lowest BCUT2D eigenvalue weighted by molar-refractivity contribution is 0.660. The van der Waals surface area contributed by atoms with Gasteiger partial charge in [0.2, 0.25) is 0 Å². The Morgan fingerprint density at radius 2 is 0.866 bits per heavy atom. The van der Waals surface area contributed by atoms with Gasteiger partial charge >= 0.3 is 0 Å². The van der Waals surface area contributed by atoms with Gasteiger partial charge in [-0.15, -0.1) is 0 Å². The normalized spacial score (nSPS) is 14.6. The quantitative estimate of drug-likeness (QED) is 0.170. The Balaban J connectivity index is 0.954. The second kappa shape index (κ2) is 14.1. The molecular weight excluding hydrogens is 809 g/mol. The van der Waals surface area contributed by atoms with E-state index in [1.165, 1.54) is 100 Å². The van der Waals surface area contributed by atoms with Crippen LogP contribution in [0.3, 0.4) is 0 Å². The van der Waals surface area contributed by atoms with Gasteiger partial charge in [-0.05, 0) is 162 Å². The predicted molar refractivity (Wildman–Crippen MR) is 278 cm³/mol. The lowest BCUT2D eigenvalue weighted by atomic mass is 9.64. The topological polar surface area (TPSA) is 6.48 Å². The fraction of sp³-hybridized carbons (Fsp3) is 0.0769. The van der Waals surface area contributed by atoms with E-state index in [1.54, 1.807) is 0 Å². The van der Waals surface area contributed by atoms with Crippen LogP contribution in [0.5, 0.6) is 0 Å². The molecular formula is C65H46N2. The van der Waals surface area contributed by atoms with Gasteiger partial charge in [-0.3, -0.25) is 0 Å². The Morgan fingerprint density at radius 3 is 1.61 bits per heavy atom. The maximum Gasteiger partial charge on any atom is 0.0754 e. The zero-order chi connectivity index (χ0) is 44.4. The van der Waals surface area contributed by atoms with E-state index in [4.69, 9.17) is 0 Å². The SMILES string of the molecule is CC1(C)c2ccccc2-c2ccc(N(c3ccc(-c4ccc5c(c4)-c4ccccc4C5)cc3)c3ccc4c(c3)-c3ccccc3C43c4ccccc4N(c4ccccc4)c4ccccc43)cc21. The van der Waals surface area contributed by atoms with Gasteiger partial charge in [-0.25, -0.2) is 0 Å². The molecule has 67 heavy (non-hydrogen) atoms. The zero-order valence-electron chi connectivity index (χ0n) is 37.5. The predicted octanol–water partition coefficient (Wildman–Crippen LogP) is 16.8. The Labute approximate surface area is 392 Å². The second-order valence-electron chi connectivity index (χ2n) is 19.2. The molecule has 0 fully saturated rings. The molecule has 0 atom stereocenters. The molecule has 1 aliphatic heterocycles. The summed E-state index contributed by atoms with van der Waals surface area (Å²) in [6, 6.07) is 86.6. The average molecular weight is 855 g/mol. The molecule has 1 heterocycles. The van der Waals surface area contributed by atoms with Crippen molar-refractivity contribution in [1.29, 1.82) is 0 Å². The summed E-state index contributed by atoms with van der Waals surface area (Å²) in [6.07, 6.45) is 1.000. The van der Waals surface area contributed by atoms with Crippen molar-refractivity contribution in [2.75, 3.05) is 9.80 Å². The molecule has 10 aromatic carbocycles. The minimum Gasteiger partial charge on any atom is -0.310 e. The number of rotatable bonds is 5. The monoisotopic (exact) mass is 854 g/mol. The maximum atomic E-state index is 2.48. The van der Waals surface area contributed by atoms with Crippen molar-refractivity contribution < 1.29 is 0 Å². The Hall–Kier alpha value is -8.20. The van der Waals surface area contributed by atoms with Crippen molar-refractivity contribution in [3.63, 3.8) is 0 Å². The van der Waals surface area contributed by atoms with Crippen LogP contribution in [0.2, 0.25) is 0 Å². The summed E-state index contributed by atoms with van der Waals surface area (Å²) in [6.45, 7) is 4.75. The molecule has 14 rings (SSSR count). The van der Waals surface area contributed by atoms with E-state index in [0.717, 1.165) is 29.2 Å². The Morgan fingerprint density at radius 1 is 0.343 bits per heavy atom. The molecule has 4 aliphatic rings. The summed E-state index contributed by atoms with van der Waals surface area (Å²) in [7, 11) is 0. The third-order valence-corrected chi connectivity index (χ3v) is 15.5. The van der Waals surface area contributed by atoms with Gasteiger partial charge in [-0.2, -0.15) is 0 Å². The van der Waals surface area contributed by atoms with Gasteiger partial charge in [0.25, 0.3) is 0 Å². The first-order valence-electron chi connectivity index (χ1n) is 23.6. The van der Waals surface area contributed by atoms with Gasteiger partial charge in [0.1, 0.15) is 0 Å². The summed E-state index contributed by atoms with van der Waals surface area (Å²) < 4.78 is 0. The Kier molecular flexibility index (Phi) is 8.05. The van der Waals surface area contributed by atoms with Crippen LogP contribution in [0.1, 0.15) is 58.4 Å². The number of nitrogens with zero attached hydrogens (tertiary/aromatic N) is 2. The maximum absolute atomic E-state index is 2.48. The van der Waals surface area contributed by atoms with E-state index >= 15 is 0 Å². The molecule has 2 nitrogen and oxygen atoms in total. The fourth-order valence-corrected chi connectivity index (χ4v) is 12.5. The largest absolute Gasteiger partial charge is 0.310 e. The van der Waals surface area contributed by atoms with Crippen molar-refractivity contribution >= 4 is 34.1 Å². The first-order chi connectivity index (χ1) is 33.0. The number of benzene rings is 10. The molecule has 0 unspecified atom stereocenters. The minimum absolute atomic E-state index is 0.137. The third kappa shape index (κ3) is 5.33. The Bertz CT molecular complexity index is 3610. The van der Waals surface area contributed by atoms with E-state index in [2.05, 4.69) is 254 Å². The highest BCUT2D eigenvalue weighted by molar-refractivity contribution is 5.97. The average Bonchev–Trinajstić information content (AvgIpc) is 3.98. The van der Waals surface area contributed by atoms with Crippen molar-refractivity contribution in [3.05, 3.63) is 275 Å². The highest BCUT2D eigenvalue weighted by atomic mass is 15.2. The smallest absolute Gasteiger partial charge is 0.0754 e. The summed E-state index contributed by atoms with van der Waals surface area (Å²) in [5, 5.41) is 0. The van der Waals surface area contributed by atoms with Crippen LogP contribution in [0.25, 0.3) is 44.5 Å². The molecule has 0 saturated carbocycles. The summed E-state index contributed by atoms with van der Waals surface area (Å²) in [5.74, 6) is 0. The van der Waals surface area contributed by atoms with Crippen molar-refractivity contribution in [3.8, 4) is 44.5 Å². The van der Waals surface area contributed by atoms with Crippen molar-refractivity contribution in [2.24, 2.45) is 0 Å². The van der Waals surface area contributed by atoms with E-state index in [-0.39, 0.29) is 5.41 Å². The number of para-hydroxylation sites is 3. The fourth-order valence-electron chi connectivity index (χ4n) is 12.5. The first-order valence-corrected chi connectivity index (χ1v) is 23.6. The molecule has 0 bridgehead atoms. The van der Waals surface area contributed by atoms with Crippen molar-refractivity contribution in [2.45, 2.75) is 31.1 Å². The van der Waals surface area contributed by atoms with Crippen LogP contribution in [-0.4, -0.2) is 0 Å². The molecule has 2 heteroatoms. The second-order valence-corrected chi connectivity index (χ2v) is 19.2. The number of anilines is 6. The number of fused-ring (bicyclic) bond motifs is 15. The molecule has 0 N–H and O–H groups in total. The van der Waals surface area contributed by atoms with Crippen LogP contribution in [0, 0.1) is 0 Å². The van der Waals surface area contributed by atoms with Gasteiger partial charge in [-0.1, -0.05) is 178 Å².